The van der Waals surface area contributed by atoms with E-state index in [1.54, 1.807) is 20.3 Å². The number of carbonyl (C=O) groups excluding carboxylic acids is 1. The molecular weight excluding hydrogens is 354 g/mol. The van der Waals surface area contributed by atoms with Gasteiger partial charge in [0, 0.05) is 16.8 Å². The summed E-state index contributed by atoms with van der Waals surface area (Å²) in [5.74, 6) is 2.33. The smallest absolute Gasteiger partial charge is 0.165 e. The number of aromatic carboxylic acids is 1. The highest BCUT2D eigenvalue weighted by atomic mass is 16.5. The zero-order chi connectivity index (χ0) is 19.4. The van der Waals surface area contributed by atoms with E-state index in [-0.39, 0.29) is 11.6 Å². The summed E-state index contributed by atoms with van der Waals surface area (Å²) in [7, 11) is 3.29. The summed E-state index contributed by atoms with van der Waals surface area (Å²) >= 11 is 0. The fourth-order valence-electron chi connectivity index (χ4n) is 6.15. The van der Waals surface area contributed by atoms with Crippen molar-refractivity contribution >= 4 is 11.7 Å². The summed E-state index contributed by atoms with van der Waals surface area (Å²) in [6, 6.07) is 11.5. The second-order valence-corrected chi connectivity index (χ2v) is 8.20. The highest BCUT2D eigenvalue weighted by Gasteiger charge is 2.54. The lowest BCUT2D eigenvalue weighted by Crippen LogP contribution is -2.37. The highest BCUT2D eigenvalue weighted by Crippen LogP contribution is 2.64. The van der Waals surface area contributed by atoms with E-state index in [0.29, 0.717) is 35.1 Å². The van der Waals surface area contributed by atoms with Crippen molar-refractivity contribution in [2.24, 2.45) is 17.8 Å². The van der Waals surface area contributed by atoms with E-state index in [9.17, 15) is 9.90 Å². The van der Waals surface area contributed by atoms with Crippen LogP contribution in [0.1, 0.15) is 52.7 Å². The quantitative estimate of drug-likeness (QED) is 0.883. The first-order valence-corrected chi connectivity index (χ1v) is 9.95. The molecule has 0 radical (unpaired) electrons. The molecular formula is C23H24NO4-. The van der Waals surface area contributed by atoms with Crippen molar-refractivity contribution in [1.82, 2.24) is 0 Å². The van der Waals surface area contributed by atoms with E-state index in [0.717, 1.165) is 16.9 Å². The SMILES string of the molecule is COc1cccc([C@H]2Nc3c(C(=O)[O-])cccc3[C@H]3[C@H]4CC[C@@H](C4)[C@H]32)c1OC. The minimum absolute atomic E-state index is 0.0154. The predicted molar refractivity (Wildman–Crippen MR) is 104 cm³/mol. The number of rotatable bonds is 4. The number of carboxylic acid groups (broad SMARTS) is 1. The molecule has 2 aromatic rings. The van der Waals surface area contributed by atoms with Crippen LogP contribution in [0.5, 0.6) is 11.5 Å². The number of para-hydroxylation sites is 2. The van der Waals surface area contributed by atoms with Crippen LogP contribution in [0, 0.1) is 17.8 Å². The van der Waals surface area contributed by atoms with Crippen LogP contribution in [-0.4, -0.2) is 20.2 Å². The molecule has 5 heteroatoms. The molecule has 0 unspecified atom stereocenters. The molecule has 5 rings (SSSR count). The predicted octanol–water partition coefficient (Wildman–Crippen LogP) is 3.36. The van der Waals surface area contributed by atoms with E-state index in [1.165, 1.54) is 19.3 Å². The van der Waals surface area contributed by atoms with Crippen LogP contribution in [0.4, 0.5) is 5.69 Å². The molecule has 2 bridgehead atoms. The fraction of sp³-hybridized carbons (Fsp3) is 0.435. The summed E-state index contributed by atoms with van der Waals surface area (Å²) in [5, 5.41) is 15.4. The maximum absolute atomic E-state index is 11.8. The Morgan fingerprint density at radius 2 is 1.79 bits per heavy atom. The number of nitrogens with one attached hydrogen (secondary N) is 1. The summed E-state index contributed by atoms with van der Waals surface area (Å²) in [6.07, 6.45) is 3.68. The molecule has 3 aliphatic rings. The summed E-state index contributed by atoms with van der Waals surface area (Å²) in [6.45, 7) is 0. The Balaban J connectivity index is 1.70. The standard InChI is InChI=1S/C23H25NO4/c1-27-17-8-4-6-15(22(17)28-2)21-19-13-10-9-12(11-13)18(19)14-5-3-7-16(23(25)26)20(14)24-21/h3-8,12-13,18-19,21,24H,9-11H2,1-2H3,(H,25,26)/p-1/t12-,13-,18+,19+,21+/m0/s1. The van der Waals surface area contributed by atoms with E-state index < -0.39 is 5.97 Å². The Bertz CT molecular complexity index is 940. The lowest BCUT2D eigenvalue weighted by atomic mass is 9.67. The highest BCUT2D eigenvalue weighted by molar-refractivity contribution is 5.94. The number of carbonyl (C=O) groups is 1. The topological polar surface area (TPSA) is 70.6 Å². The number of hydrogen-bond donors (Lipinski definition) is 1. The van der Waals surface area contributed by atoms with Gasteiger partial charge in [0.25, 0.3) is 0 Å². The molecule has 0 saturated heterocycles. The molecule has 0 amide bonds. The van der Waals surface area contributed by atoms with Gasteiger partial charge in [0.05, 0.1) is 26.2 Å². The molecule has 1 N–H and O–H groups in total. The molecule has 5 atom stereocenters. The first-order chi connectivity index (χ1) is 13.6. The number of methoxy groups -OCH3 is 2. The normalized spacial score (nSPS) is 29.6. The number of hydrogen-bond acceptors (Lipinski definition) is 5. The molecule has 28 heavy (non-hydrogen) atoms. The van der Waals surface area contributed by atoms with Gasteiger partial charge in [-0.15, -0.1) is 0 Å². The minimum atomic E-state index is -1.14. The molecule has 0 aromatic heterocycles. The summed E-state index contributed by atoms with van der Waals surface area (Å²) in [5.41, 5.74) is 3.12. The van der Waals surface area contributed by atoms with Gasteiger partial charge in [0.15, 0.2) is 11.5 Å². The third kappa shape index (κ3) is 2.35. The van der Waals surface area contributed by atoms with Crippen molar-refractivity contribution < 1.29 is 19.4 Å². The van der Waals surface area contributed by atoms with Gasteiger partial charge >= 0.3 is 0 Å². The monoisotopic (exact) mass is 378 g/mol. The van der Waals surface area contributed by atoms with Crippen molar-refractivity contribution in [3.8, 4) is 11.5 Å². The lowest BCUT2D eigenvalue weighted by Gasteiger charge is -2.44. The van der Waals surface area contributed by atoms with E-state index in [4.69, 9.17) is 9.47 Å². The first kappa shape index (κ1) is 17.4. The van der Waals surface area contributed by atoms with Crippen LogP contribution in [0.25, 0.3) is 0 Å². The Hall–Kier alpha value is -2.69. The average molecular weight is 378 g/mol. The molecule has 1 aliphatic heterocycles. The maximum atomic E-state index is 11.8. The van der Waals surface area contributed by atoms with Gasteiger partial charge in [-0.25, -0.2) is 0 Å². The molecule has 0 spiro atoms. The average Bonchev–Trinajstić information content (AvgIpc) is 3.34. The summed E-state index contributed by atoms with van der Waals surface area (Å²) in [4.78, 5) is 11.8. The lowest BCUT2D eigenvalue weighted by molar-refractivity contribution is -0.254. The van der Waals surface area contributed by atoms with Gasteiger partial charge in [-0.1, -0.05) is 30.3 Å². The Kier molecular flexibility index (Phi) is 4.00. The molecule has 5 nitrogen and oxygen atoms in total. The van der Waals surface area contributed by atoms with E-state index >= 15 is 0 Å². The van der Waals surface area contributed by atoms with Crippen LogP contribution in [-0.2, 0) is 0 Å². The van der Waals surface area contributed by atoms with Crippen LogP contribution in [0.15, 0.2) is 36.4 Å². The molecule has 2 aliphatic carbocycles. The van der Waals surface area contributed by atoms with E-state index in [2.05, 4.69) is 17.4 Å². The summed E-state index contributed by atoms with van der Waals surface area (Å²) < 4.78 is 11.2. The second kappa shape index (κ2) is 6.43. The minimum Gasteiger partial charge on any atom is -0.545 e. The van der Waals surface area contributed by atoms with Crippen molar-refractivity contribution in [3.05, 3.63) is 53.1 Å². The first-order valence-electron chi connectivity index (χ1n) is 9.95. The van der Waals surface area contributed by atoms with Gasteiger partial charge in [-0.2, -0.15) is 0 Å². The maximum Gasteiger partial charge on any atom is 0.165 e. The molecule has 2 saturated carbocycles. The molecule has 2 aromatic carbocycles. The Morgan fingerprint density at radius 1 is 1.04 bits per heavy atom. The third-order valence-electron chi connectivity index (χ3n) is 7.11. The van der Waals surface area contributed by atoms with Crippen LogP contribution in [0.2, 0.25) is 0 Å². The number of anilines is 1. The van der Waals surface area contributed by atoms with Crippen LogP contribution < -0.4 is 19.9 Å². The number of fused-ring (bicyclic) bond motifs is 7. The van der Waals surface area contributed by atoms with Crippen LogP contribution >= 0.6 is 0 Å². The Labute approximate surface area is 164 Å². The molecule has 2 fully saturated rings. The van der Waals surface area contributed by atoms with Gasteiger partial charge < -0.3 is 24.7 Å². The van der Waals surface area contributed by atoms with Crippen molar-refractivity contribution in [1.29, 1.82) is 0 Å². The third-order valence-corrected chi connectivity index (χ3v) is 7.11. The zero-order valence-electron chi connectivity index (χ0n) is 16.1. The number of ether oxygens (including phenoxy) is 2. The molecule has 146 valence electrons. The van der Waals surface area contributed by atoms with Gasteiger partial charge in [0.2, 0.25) is 0 Å². The molecule has 1 heterocycles. The van der Waals surface area contributed by atoms with Crippen molar-refractivity contribution in [2.45, 2.75) is 31.2 Å². The van der Waals surface area contributed by atoms with Crippen molar-refractivity contribution in [3.63, 3.8) is 0 Å². The van der Waals surface area contributed by atoms with Crippen LogP contribution in [0.3, 0.4) is 0 Å². The van der Waals surface area contributed by atoms with E-state index in [1.807, 2.05) is 18.2 Å². The second-order valence-electron chi connectivity index (χ2n) is 8.20. The fourth-order valence-corrected chi connectivity index (χ4v) is 6.15. The Morgan fingerprint density at radius 3 is 2.54 bits per heavy atom. The number of carboxylic acids is 1. The largest absolute Gasteiger partial charge is 0.545 e. The van der Waals surface area contributed by atoms with Gasteiger partial charge in [-0.3, -0.25) is 0 Å². The zero-order valence-corrected chi connectivity index (χ0v) is 16.1. The van der Waals surface area contributed by atoms with Gasteiger partial charge in [0.1, 0.15) is 0 Å². The van der Waals surface area contributed by atoms with Gasteiger partial charge in [-0.05, 0) is 54.6 Å². The van der Waals surface area contributed by atoms with Crippen molar-refractivity contribution in [2.75, 3.05) is 19.5 Å². The number of benzene rings is 2.